The minimum Gasteiger partial charge on any atom is -0.493 e. The van der Waals surface area contributed by atoms with E-state index in [-0.39, 0.29) is 17.5 Å². The Morgan fingerprint density at radius 2 is 1.83 bits per heavy atom. The Bertz CT molecular complexity index is 1490. The number of piperidine rings is 1. The molecule has 1 atom stereocenters. The molecule has 1 fully saturated rings. The summed E-state index contributed by atoms with van der Waals surface area (Å²) >= 11 is 0. The van der Waals surface area contributed by atoms with Gasteiger partial charge in [0.05, 0.1) is 19.2 Å². The minimum absolute atomic E-state index is 0.0583. The third-order valence-corrected chi connectivity index (χ3v) is 7.57. The number of amides is 2. The van der Waals surface area contributed by atoms with Gasteiger partial charge in [-0.15, -0.1) is 6.58 Å². The molecule has 248 valence electrons. The van der Waals surface area contributed by atoms with Crippen LogP contribution >= 0.6 is 0 Å². The summed E-state index contributed by atoms with van der Waals surface area (Å²) in [6.45, 7) is 15.8. The van der Waals surface area contributed by atoms with Gasteiger partial charge in [0.1, 0.15) is 5.75 Å². The average Bonchev–Trinajstić information content (AvgIpc) is 3.06. The molecule has 0 radical (unpaired) electrons. The zero-order valence-electron chi connectivity index (χ0n) is 27.4. The first-order chi connectivity index (χ1) is 22.2. The molecule has 1 aliphatic heterocycles. The van der Waals surface area contributed by atoms with Gasteiger partial charge in [-0.1, -0.05) is 44.9 Å². The van der Waals surface area contributed by atoms with Gasteiger partial charge in [0, 0.05) is 35.4 Å². The van der Waals surface area contributed by atoms with Crippen LogP contribution in [-0.2, 0) is 9.59 Å². The molecule has 1 saturated heterocycles. The fourth-order valence-electron chi connectivity index (χ4n) is 4.79. The maximum atomic E-state index is 15.1. The van der Waals surface area contributed by atoms with Crippen molar-refractivity contribution in [1.82, 2.24) is 15.6 Å². The maximum absolute atomic E-state index is 15.1. The van der Waals surface area contributed by atoms with E-state index in [1.807, 2.05) is 13.0 Å². The lowest BCUT2D eigenvalue weighted by Gasteiger charge is -2.23. The molecule has 0 spiro atoms. The van der Waals surface area contributed by atoms with E-state index < -0.39 is 17.6 Å². The summed E-state index contributed by atoms with van der Waals surface area (Å²) in [6.07, 6.45) is 9.18. The Labute approximate surface area is 271 Å². The first-order valence-corrected chi connectivity index (χ1v) is 15.9. The molecule has 46 heavy (non-hydrogen) atoms. The van der Waals surface area contributed by atoms with Gasteiger partial charge in [0.15, 0.2) is 23.1 Å². The van der Waals surface area contributed by atoms with Gasteiger partial charge in [-0.3, -0.25) is 14.6 Å². The third-order valence-electron chi connectivity index (χ3n) is 7.57. The van der Waals surface area contributed by atoms with Gasteiger partial charge in [-0.2, -0.15) is 0 Å². The summed E-state index contributed by atoms with van der Waals surface area (Å²) in [4.78, 5) is 29.3. The van der Waals surface area contributed by atoms with Gasteiger partial charge < -0.3 is 30.2 Å². The van der Waals surface area contributed by atoms with Crippen molar-refractivity contribution < 1.29 is 28.2 Å². The van der Waals surface area contributed by atoms with E-state index in [9.17, 15) is 9.59 Å². The highest BCUT2D eigenvalue weighted by Crippen LogP contribution is 2.38. The SMILES string of the molecule is C=C(C)C(CCCC)NC(=O)C(=O)Nc1ccc(Oc2ccnc3cc(OCC4CCNCC4)c(OC)cc23)c(F)c1.C=CCC. The van der Waals surface area contributed by atoms with Crippen LogP contribution < -0.4 is 30.2 Å². The number of unbranched alkanes of at least 4 members (excludes halogenated alkanes) is 1. The Balaban J connectivity index is 0.00000136. The van der Waals surface area contributed by atoms with E-state index >= 15 is 4.39 Å². The Hall–Kier alpha value is -4.44. The van der Waals surface area contributed by atoms with E-state index in [2.05, 4.69) is 41.0 Å². The van der Waals surface area contributed by atoms with Gasteiger partial charge >= 0.3 is 11.8 Å². The molecular formula is C36H47FN4O5. The van der Waals surface area contributed by atoms with Crippen molar-refractivity contribution in [3.8, 4) is 23.0 Å². The van der Waals surface area contributed by atoms with Crippen molar-refractivity contribution in [2.75, 3.05) is 32.1 Å². The summed E-state index contributed by atoms with van der Waals surface area (Å²) in [5.74, 6) is -0.521. The monoisotopic (exact) mass is 634 g/mol. The molecule has 9 nitrogen and oxygen atoms in total. The molecule has 3 aromatic rings. The number of ether oxygens (including phenoxy) is 3. The average molecular weight is 635 g/mol. The lowest BCUT2D eigenvalue weighted by molar-refractivity contribution is -0.136. The smallest absolute Gasteiger partial charge is 0.313 e. The molecule has 0 aliphatic carbocycles. The van der Waals surface area contributed by atoms with Crippen LogP contribution in [0, 0.1) is 11.7 Å². The standard InChI is InChI=1S/C32H39FN4O5.C4H8/c1-5-6-7-25(20(2)3)37-32(39)31(38)36-22-8-9-28(24(33)16-22)42-27-12-15-35-26-18-30(29(40-4)17-23(26)27)41-19-21-10-13-34-14-11-21;1-3-4-2/h8-9,12,15-18,21,25,34H,2,5-7,10-11,13-14,19H2,1,3-4H3,(H,36,38)(H,37,39);3H,1,4H2,2H3. The molecule has 1 unspecified atom stereocenters. The van der Waals surface area contributed by atoms with E-state index in [4.69, 9.17) is 14.2 Å². The molecule has 4 rings (SSSR count). The largest absolute Gasteiger partial charge is 0.493 e. The summed E-state index contributed by atoms with van der Waals surface area (Å²) in [5, 5.41) is 9.10. The number of nitrogens with zero attached hydrogens (tertiary/aromatic N) is 1. The first kappa shape index (κ1) is 36.0. The predicted molar refractivity (Wildman–Crippen MR) is 181 cm³/mol. The number of hydrogen-bond acceptors (Lipinski definition) is 7. The number of fused-ring (bicyclic) bond motifs is 1. The van der Waals surface area contributed by atoms with Crippen LogP contribution in [-0.4, -0.2) is 49.6 Å². The second-order valence-corrected chi connectivity index (χ2v) is 11.2. The number of carbonyl (C=O) groups is 2. The quantitative estimate of drug-likeness (QED) is 0.133. The fraction of sp³-hybridized carbons (Fsp3) is 0.417. The van der Waals surface area contributed by atoms with Gasteiger partial charge in [-0.05, 0) is 75.9 Å². The van der Waals surface area contributed by atoms with Crippen LogP contribution in [0.5, 0.6) is 23.0 Å². The molecule has 10 heteroatoms. The second-order valence-electron chi connectivity index (χ2n) is 11.2. The van der Waals surface area contributed by atoms with Crippen LogP contribution in [0.25, 0.3) is 10.9 Å². The number of methoxy groups -OCH3 is 1. The molecule has 2 aromatic carbocycles. The van der Waals surface area contributed by atoms with E-state index in [1.54, 1.807) is 38.4 Å². The number of halogens is 1. The molecule has 0 saturated carbocycles. The summed E-state index contributed by atoms with van der Waals surface area (Å²) in [5.41, 5.74) is 1.49. The number of nitrogens with one attached hydrogen (secondary N) is 3. The van der Waals surface area contributed by atoms with Gasteiger partial charge in [0.2, 0.25) is 0 Å². The van der Waals surface area contributed by atoms with Crippen molar-refractivity contribution >= 4 is 28.4 Å². The number of hydrogen-bond donors (Lipinski definition) is 3. The van der Waals surface area contributed by atoms with Crippen molar-refractivity contribution in [3.05, 3.63) is 73.2 Å². The molecule has 0 bridgehead atoms. The molecule has 1 aliphatic rings. The van der Waals surface area contributed by atoms with Crippen LogP contribution in [0.2, 0.25) is 0 Å². The lowest BCUT2D eigenvalue weighted by atomic mass is 9.99. The Kier molecular flexibility index (Phi) is 14.5. The summed E-state index contributed by atoms with van der Waals surface area (Å²) < 4.78 is 32.7. The molecular weight excluding hydrogens is 587 g/mol. The van der Waals surface area contributed by atoms with Crippen molar-refractivity contribution in [1.29, 1.82) is 0 Å². The third kappa shape index (κ3) is 10.6. The van der Waals surface area contributed by atoms with Gasteiger partial charge in [0.25, 0.3) is 0 Å². The Morgan fingerprint density at radius 1 is 1.09 bits per heavy atom. The number of pyridine rings is 1. The maximum Gasteiger partial charge on any atom is 0.313 e. The zero-order valence-corrected chi connectivity index (χ0v) is 27.4. The highest BCUT2D eigenvalue weighted by atomic mass is 19.1. The Morgan fingerprint density at radius 3 is 2.46 bits per heavy atom. The van der Waals surface area contributed by atoms with Gasteiger partial charge in [-0.25, -0.2) is 4.39 Å². The lowest BCUT2D eigenvalue weighted by Crippen LogP contribution is -2.42. The normalized spacial score (nSPS) is 13.5. The van der Waals surface area contributed by atoms with Crippen molar-refractivity contribution in [2.45, 2.75) is 65.3 Å². The number of aromatic nitrogens is 1. The van der Waals surface area contributed by atoms with Crippen LogP contribution in [0.3, 0.4) is 0 Å². The zero-order chi connectivity index (χ0) is 33.5. The number of benzene rings is 2. The second kappa shape index (κ2) is 18.5. The number of allylic oxidation sites excluding steroid dienone is 1. The number of rotatable bonds is 13. The number of anilines is 1. The molecule has 2 amide bonds. The summed E-state index contributed by atoms with van der Waals surface area (Å²) in [7, 11) is 1.56. The summed E-state index contributed by atoms with van der Waals surface area (Å²) in [6, 6.07) is 8.84. The molecule has 3 N–H and O–H groups in total. The van der Waals surface area contributed by atoms with Crippen LogP contribution in [0.15, 0.2) is 67.4 Å². The van der Waals surface area contributed by atoms with E-state index in [0.717, 1.165) is 56.8 Å². The highest BCUT2D eigenvalue weighted by molar-refractivity contribution is 6.39. The predicted octanol–water partition coefficient (Wildman–Crippen LogP) is 7.33. The minimum atomic E-state index is -0.892. The molecule has 2 heterocycles. The van der Waals surface area contributed by atoms with Crippen LogP contribution in [0.1, 0.15) is 59.3 Å². The van der Waals surface area contributed by atoms with Crippen molar-refractivity contribution in [3.63, 3.8) is 0 Å². The molecule has 1 aromatic heterocycles. The number of carbonyl (C=O) groups excluding carboxylic acids is 2. The van der Waals surface area contributed by atoms with E-state index in [1.165, 1.54) is 12.1 Å². The first-order valence-electron chi connectivity index (χ1n) is 15.9. The fourth-order valence-corrected chi connectivity index (χ4v) is 4.79. The van der Waals surface area contributed by atoms with E-state index in [0.29, 0.717) is 47.1 Å². The van der Waals surface area contributed by atoms with Crippen molar-refractivity contribution in [2.24, 2.45) is 5.92 Å². The van der Waals surface area contributed by atoms with Crippen LogP contribution in [0.4, 0.5) is 10.1 Å². The highest BCUT2D eigenvalue weighted by Gasteiger charge is 2.21. The topological polar surface area (TPSA) is 111 Å².